The Bertz CT molecular complexity index is 2230. The molecular weight excluding hydrogens is 631 g/mol. The number of aromatic nitrogens is 6. The van der Waals surface area contributed by atoms with E-state index in [4.69, 9.17) is 9.72 Å². The van der Waals surface area contributed by atoms with Crippen molar-refractivity contribution < 1.29 is 18.3 Å². The summed E-state index contributed by atoms with van der Waals surface area (Å²) in [4.78, 5) is 19.9. The molecule has 0 radical (unpaired) electrons. The second-order valence-corrected chi connectivity index (χ2v) is 14.0. The van der Waals surface area contributed by atoms with Crippen LogP contribution in [-0.2, 0) is 21.3 Å². The number of benzene rings is 2. The molecule has 1 saturated heterocycles. The summed E-state index contributed by atoms with van der Waals surface area (Å²) in [6, 6.07) is 16.0. The fourth-order valence-corrected chi connectivity index (χ4v) is 6.75. The van der Waals surface area contributed by atoms with Gasteiger partial charge in [0.25, 0.3) is 10.0 Å². The van der Waals surface area contributed by atoms with Crippen LogP contribution in [0.4, 0.5) is 23.3 Å². The minimum absolute atomic E-state index is 0.00305. The number of fused-ring (bicyclic) bond motifs is 2. The van der Waals surface area contributed by atoms with Crippen molar-refractivity contribution in [2.45, 2.75) is 37.8 Å². The van der Waals surface area contributed by atoms with Crippen LogP contribution in [0.15, 0.2) is 84.3 Å². The fraction of sp³-hybridized carbons (Fsp3) is 0.265. The summed E-state index contributed by atoms with van der Waals surface area (Å²) in [5.74, 6) is 1.22. The minimum atomic E-state index is -3.93. The van der Waals surface area contributed by atoms with Crippen molar-refractivity contribution in [1.82, 2.24) is 29.7 Å². The van der Waals surface area contributed by atoms with Gasteiger partial charge in [-0.1, -0.05) is 6.07 Å². The van der Waals surface area contributed by atoms with Crippen molar-refractivity contribution in [2.75, 3.05) is 41.2 Å². The molecule has 1 aliphatic rings. The van der Waals surface area contributed by atoms with E-state index in [1.807, 2.05) is 47.0 Å². The zero-order valence-corrected chi connectivity index (χ0v) is 27.6. The van der Waals surface area contributed by atoms with E-state index >= 15 is 0 Å². The van der Waals surface area contributed by atoms with Crippen LogP contribution in [0.2, 0.25) is 0 Å². The van der Waals surface area contributed by atoms with Crippen molar-refractivity contribution in [3.8, 4) is 11.3 Å². The number of nitrogens with one attached hydrogen (secondary N) is 2. The maximum atomic E-state index is 13.2. The lowest BCUT2D eigenvalue weighted by Gasteiger charge is -2.27. The molecule has 0 amide bonds. The minimum Gasteiger partial charge on any atom is -0.389 e. The molecule has 246 valence electrons. The van der Waals surface area contributed by atoms with E-state index in [1.54, 1.807) is 44.4 Å². The predicted octanol–water partition coefficient (Wildman–Crippen LogP) is 4.90. The summed E-state index contributed by atoms with van der Waals surface area (Å²) in [5, 5.41) is 21.0. The Morgan fingerprint density at radius 1 is 0.938 bits per heavy atom. The number of aryl methyl sites for hydroxylation is 1. The number of hydrogen-bond donors (Lipinski definition) is 3. The number of rotatable bonds is 9. The van der Waals surface area contributed by atoms with Gasteiger partial charge in [0.2, 0.25) is 5.95 Å². The lowest BCUT2D eigenvalue weighted by atomic mass is 9.98. The van der Waals surface area contributed by atoms with Gasteiger partial charge in [0.15, 0.2) is 0 Å². The lowest BCUT2D eigenvalue weighted by Crippen LogP contribution is -2.36. The highest BCUT2D eigenvalue weighted by Crippen LogP contribution is 2.34. The number of aliphatic hydroxyl groups is 1. The highest BCUT2D eigenvalue weighted by atomic mass is 32.2. The smallest absolute Gasteiger partial charge is 0.264 e. The summed E-state index contributed by atoms with van der Waals surface area (Å²) in [5.41, 5.74) is 3.51. The largest absolute Gasteiger partial charge is 0.389 e. The second-order valence-electron chi connectivity index (χ2n) is 12.3. The average molecular weight is 666 g/mol. The van der Waals surface area contributed by atoms with Gasteiger partial charge in [-0.25, -0.2) is 23.1 Å². The van der Waals surface area contributed by atoms with Crippen LogP contribution in [0.1, 0.15) is 19.4 Å². The summed E-state index contributed by atoms with van der Waals surface area (Å²) >= 11 is 0. The predicted molar refractivity (Wildman–Crippen MR) is 185 cm³/mol. The van der Waals surface area contributed by atoms with Crippen LogP contribution in [0.3, 0.4) is 0 Å². The van der Waals surface area contributed by atoms with Crippen molar-refractivity contribution in [2.24, 2.45) is 0 Å². The van der Waals surface area contributed by atoms with Crippen molar-refractivity contribution in [3.05, 3.63) is 84.9 Å². The molecule has 0 unspecified atom stereocenters. The maximum absolute atomic E-state index is 13.2. The fourth-order valence-electron chi connectivity index (χ4n) is 5.80. The molecule has 0 saturated carbocycles. The molecule has 48 heavy (non-hydrogen) atoms. The van der Waals surface area contributed by atoms with E-state index in [0.717, 1.165) is 38.5 Å². The summed E-state index contributed by atoms with van der Waals surface area (Å²) in [6.07, 6.45) is 6.92. The third-order valence-corrected chi connectivity index (χ3v) is 9.52. The van der Waals surface area contributed by atoms with Gasteiger partial charge >= 0.3 is 0 Å². The number of anilines is 4. The molecule has 1 fully saturated rings. The van der Waals surface area contributed by atoms with E-state index in [-0.39, 0.29) is 10.8 Å². The van der Waals surface area contributed by atoms with Crippen LogP contribution in [0.5, 0.6) is 0 Å². The number of morpholine rings is 1. The second kappa shape index (κ2) is 12.4. The van der Waals surface area contributed by atoms with Gasteiger partial charge in [0.1, 0.15) is 11.6 Å². The SMILES string of the molecule is Cc1c(-c2nccc3cnc(Nc4ccc(S(=O)(=O)Nc5nccc(N6CCOCC6)n5)cc4)cc23)ccc2c1cnn2CC(C)(C)O. The summed E-state index contributed by atoms with van der Waals surface area (Å²) in [7, 11) is -3.93. The van der Waals surface area contributed by atoms with Crippen LogP contribution >= 0.6 is 0 Å². The molecule has 13 nitrogen and oxygen atoms in total. The van der Waals surface area contributed by atoms with Gasteiger partial charge in [0.05, 0.1) is 47.7 Å². The average Bonchev–Trinajstić information content (AvgIpc) is 3.47. The van der Waals surface area contributed by atoms with Crippen molar-refractivity contribution in [3.63, 3.8) is 0 Å². The van der Waals surface area contributed by atoms with E-state index in [1.165, 1.54) is 18.3 Å². The molecule has 0 aliphatic carbocycles. The van der Waals surface area contributed by atoms with Crippen LogP contribution < -0.4 is 14.9 Å². The molecule has 0 atom stereocenters. The summed E-state index contributed by atoms with van der Waals surface area (Å²) < 4.78 is 36.0. The van der Waals surface area contributed by atoms with Gasteiger partial charge in [-0.2, -0.15) is 10.1 Å². The van der Waals surface area contributed by atoms with E-state index in [9.17, 15) is 13.5 Å². The van der Waals surface area contributed by atoms with Gasteiger partial charge < -0.3 is 20.1 Å². The lowest BCUT2D eigenvalue weighted by molar-refractivity contribution is 0.0591. The first-order valence-corrected chi connectivity index (χ1v) is 17.0. The van der Waals surface area contributed by atoms with Gasteiger partial charge in [-0.05, 0) is 74.9 Å². The standard InChI is InChI=1S/C34H35N9O4S/c1-22-26(8-9-29-28(22)20-38-43(29)21-34(2,3)44)32-27-18-30(37-19-23(27)10-12-35-32)39-24-4-6-25(7-5-24)48(45,46)41-33-36-13-11-31(40-33)42-14-16-47-17-15-42/h4-13,18-20,44H,14-17,21H2,1-3H3,(H,37,39)(H,36,40,41). The zero-order chi connectivity index (χ0) is 33.5. The third kappa shape index (κ3) is 6.50. The highest BCUT2D eigenvalue weighted by molar-refractivity contribution is 7.92. The Balaban J connectivity index is 1.11. The van der Waals surface area contributed by atoms with E-state index in [2.05, 4.69) is 30.1 Å². The van der Waals surface area contributed by atoms with Crippen LogP contribution in [0.25, 0.3) is 32.9 Å². The molecule has 4 aromatic heterocycles. The molecule has 0 bridgehead atoms. The molecular formula is C34H35N9O4S. The monoisotopic (exact) mass is 665 g/mol. The van der Waals surface area contributed by atoms with E-state index < -0.39 is 15.6 Å². The molecule has 0 spiro atoms. The topological polar surface area (TPSA) is 160 Å². The Labute approximate surface area is 277 Å². The molecule has 1 aliphatic heterocycles. The Morgan fingerprint density at radius 2 is 1.71 bits per heavy atom. The first-order chi connectivity index (χ1) is 23.0. The quantitative estimate of drug-likeness (QED) is 0.193. The number of ether oxygens (including phenoxy) is 1. The number of hydrogen-bond acceptors (Lipinski definition) is 11. The third-order valence-electron chi connectivity index (χ3n) is 8.17. The van der Waals surface area contributed by atoms with Crippen LogP contribution in [-0.4, -0.2) is 75.1 Å². The maximum Gasteiger partial charge on any atom is 0.264 e. The number of pyridine rings is 2. The molecule has 7 rings (SSSR count). The van der Waals surface area contributed by atoms with Gasteiger partial charge in [-0.3, -0.25) is 9.67 Å². The Hall–Kier alpha value is -5.18. The molecule has 14 heteroatoms. The number of sulfonamides is 1. The molecule has 3 N–H and O–H groups in total. The summed E-state index contributed by atoms with van der Waals surface area (Å²) in [6.45, 7) is 8.48. The van der Waals surface area contributed by atoms with Crippen LogP contribution in [0, 0.1) is 6.92 Å². The molecule has 2 aromatic carbocycles. The zero-order valence-electron chi connectivity index (χ0n) is 26.8. The van der Waals surface area contributed by atoms with E-state index in [0.29, 0.717) is 50.2 Å². The Morgan fingerprint density at radius 3 is 2.48 bits per heavy atom. The number of nitrogens with zero attached hydrogens (tertiary/aromatic N) is 7. The normalized spacial score (nSPS) is 14.0. The van der Waals surface area contributed by atoms with Crippen molar-refractivity contribution in [1.29, 1.82) is 0 Å². The highest BCUT2D eigenvalue weighted by Gasteiger charge is 2.20. The first-order valence-electron chi connectivity index (χ1n) is 15.5. The molecule has 6 aromatic rings. The van der Waals surface area contributed by atoms with Gasteiger partial charge in [-0.15, -0.1) is 0 Å². The molecule has 5 heterocycles. The Kier molecular flexibility index (Phi) is 8.15. The first kappa shape index (κ1) is 31.4. The van der Waals surface area contributed by atoms with Crippen molar-refractivity contribution >= 4 is 55.0 Å². The van der Waals surface area contributed by atoms with Gasteiger partial charge in [0, 0.05) is 59.1 Å².